The molecule has 0 saturated heterocycles. The maximum atomic E-state index is 12.2. The van der Waals surface area contributed by atoms with Crippen LogP contribution in [0.3, 0.4) is 0 Å². The van der Waals surface area contributed by atoms with Gasteiger partial charge < -0.3 is 0 Å². The van der Waals surface area contributed by atoms with Crippen LogP contribution < -0.4 is 5.43 Å². The molecule has 0 atom stereocenters. The molecule has 3 nitrogen and oxygen atoms in total. The summed E-state index contributed by atoms with van der Waals surface area (Å²) in [6.45, 7) is 0. The summed E-state index contributed by atoms with van der Waals surface area (Å²) >= 11 is 0. The number of nitriles is 1. The van der Waals surface area contributed by atoms with Crippen LogP contribution in [0.1, 0.15) is 0 Å². The SMILES string of the molecule is N#Cn1c2ccccc2c(=O)c2ccccc21. The fourth-order valence-corrected chi connectivity index (χ4v) is 2.10. The molecule has 2 aromatic carbocycles. The van der Waals surface area contributed by atoms with Crippen LogP contribution in [0.4, 0.5) is 0 Å². The lowest BCUT2D eigenvalue weighted by atomic mass is 10.1. The van der Waals surface area contributed by atoms with Gasteiger partial charge >= 0.3 is 0 Å². The van der Waals surface area contributed by atoms with Crippen molar-refractivity contribution < 1.29 is 0 Å². The van der Waals surface area contributed by atoms with Gasteiger partial charge in [0.05, 0.1) is 11.0 Å². The summed E-state index contributed by atoms with van der Waals surface area (Å²) in [6.07, 6.45) is 2.12. The van der Waals surface area contributed by atoms with Gasteiger partial charge in [-0.15, -0.1) is 0 Å². The lowest BCUT2D eigenvalue weighted by molar-refractivity contribution is 1.18. The number of hydrogen-bond acceptors (Lipinski definition) is 2. The van der Waals surface area contributed by atoms with E-state index in [1.54, 1.807) is 36.4 Å². The molecule has 1 aromatic heterocycles. The number of fused-ring (bicyclic) bond motifs is 2. The average molecular weight is 220 g/mol. The second-order valence-corrected chi connectivity index (χ2v) is 3.80. The third-order valence-corrected chi connectivity index (χ3v) is 2.88. The van der Waals surface area contributed by atoms with Gasteiger partial charge in [0.15, 0.2) is 11.6 Å². The predicted octanol–water partition coefficient (Wildman–Crippen LogP) is 2.48. The van der Waals surface area contributed by atoms with Crippen LogP contribution in [0.25, 0.3) is 21.8 Å². The number of hydrogen-bond donors (Lipinski definition) is 0. The zero-order chi connectivity index (χ0) is 11.8. The third-order valence-electron chi connectivity index (χ3n) is 2.88. The Kier molecular flexibility index (Phi) is 1.96. The first-order valence-electron chi connectivity index (χ1n) is 5.25. The van der Waals surface area contributed by atoms with E-state index in [0.717, 1.165) is 0 Å². The molecule has 80 valence electrons. The molecule has 17 heavy (non-hydrogen) atoms. The molecule has 3 rings (SSSR count). The summed E-state index contributed by atoms with van der Waals surface area (Å²) in [5.41, 5.74) is 1.28. The predicted molar refractivity (Wildman–Crippen MR) is 66.7 cm³/mol. The minimum atomic E-state index is -0.0253. The standard InChI is InChI=1S/C14H8N2O/c15-9-16-12-7-3-1-5-10(12)14(17)11-6-2-4-8-13(11)16/h1-8H. The molecule has 0 amide bonds. The van der Waals surface area contributed by atoms with Crippen molar-refractivity contribution in [3.8, 4) is 6.19 Å². The van der Waals surface area contributed by atoms with Crippen LogP contribution in [-0.4, -0.2) is 4.57 Å². The molecular weight excluding hydrogens is 212 g/mol. The van der Waals surface area contributed by atoms with E-state index in [4.69, 9.17) is 0 Å². The summed E-state index contributed by atoms with van der Waals surface area (Å²) in [5, 5.41) is 10.4. The summed E-state index contributed by atoms with van der Waals surface area (Å²) in [4.78, 5) is 12.2. The van der Waals surface area contributed by atoms with Gasteiger partial charge in [0.1, 0.15) is 0 Å². The van der Waals surface area contributed by atoms with Gasteiger partial charge in [0, 0.05) is 10.8 Å². The quantitative estimate of drug-likeness (QED) is 0.546. The molecule has 1 heterocycles. The molecule has 3 aromatic rings. The van der Waals surface area contributed by atoms with Crippen molar-refractivity contribution >= 4 is 21.8 Å². The van der Waals surface area contributed by atoms with E-state index in [0.29, 0.717) is 21.8 Å². The zero-order valence-corrected chi connectivity index (χ0v) is 8.92. The first-order valence-corrected chi connectivity index (χ1v) is 5.25. The summed E-state index contributed by atoms with van der Waals surface area (Å²) in [7, 11) is 0. The van der Waals surface area contributed by atoms with E-state index in [1.807, 2.05) is 12.1 Å². The molecule has 0 fully saturated rings. The lowest BCUT2D eigenvalue weighted by Crippen LogP contribution is -2.08. The first kappa shape index (κ1) is 9.61. The summed E-state index contributed by atoms with van der Waals surface area (Å²) in [6, 6.07) is 14.3. The van der Waals surface area contributed by atoms with Crippen LogP contribution in [0.5, 0.6) is 0 Å². The van der Waals surface area contributed by atoms with E-state index in [-0.39, 0.29) is 5.43 Å². The van der Waals surface area contributed by atoms with Crippen LogP contribution in [-0.2, 0) is 0 Å². The first-order chi connectivity index (χ1) is 8.33. The monoisotopic (exact) mass is 220 g/mol. The Hall–Kier alpha value is -2.60. The Morgan fingerprint density at radius 1 is 0.882 bits per heavy atom. The summed E-state index contributed by atoms with van der Waals surface area (Å²) in [5.74, 6) is 0. The van der Waals surface area contributed by atoms with Crippen molar-refractivity contribution in [3.63, 3.8) is 0 Å². The van der Waals surface area contributed by atoms with E-state index >= 15 is 0 Å². The van der Waals surface area contributed by atoms with Gasteiger partial charge in [-0.05, 0) is 24.3 Å². The number of aromatic nitrogens is 1. The van der Waals surface area contributed by atoms with Crippen molar-refractivity contribution in [3.05, 3.63) is 58.8 Å². The van der Waals surface area contributed by atoms with Gasteiger partial charge in [-0.3, -0.25) is 4.79 Å². The molecule has 0 radical (unpaired) electrons. The molecule has 0 aliphatic heterocycles. The average Bonchev–Trinajstić information content (AvgIpc) is 2.40. The maximum absolute atomic E-state index is 12.2. The van der Waals surface area contributed by atoms with Gasteiger partial charge in [-0.25, -0.2) is 4.57 Å². The molecule has 0 aliphatic carbocycles. The van der Waals surface area contributed by atoms with E-state index in [9.17, 15) is 10.1 Å². The molecule has 0 spiro atoms. The molecule has 3 heteroatoms. The fraction of sp³-hybridized carbons (Fsp3) is 0. The van der Waals surface area contributed by atoms with Crippen molar-refractivity contribution in [2.75, 3.05) is 0 Å². The highest BCUT2D eigenvalue weighted by Gasteiger charge is 2.08. The van der Waals surface area contributed by atoms with Crippen LogP contribution >= 0.6 is 0 Å². The Bertz CT molecular complexity index is 765. The topological polar surface area (TPSA) is 45.8 Å². The smallest absolute Gasteiger partial charge is 0.197 e. The van der Waals surface area contributed by atoms with Gasteiger partial charge in [-0.2, -0.15) is 5.26 Å². The lowest BCUT2D eigenvalue weighted by Gasteiger charge is -2.06. The normalized spacial score (nSPS) is 10.5. The Labute approximate surface area is 97.1 Å². The van der Waals surface area contributed by atoms with E-state index in [2.05, 4.69) is 6.19 Å². The second kappa shape index (κ2) is 3.46. The minimum absolute atomic E-state index is 0.0253. The number of para-hydroxylation sites is 2. The number of pyridine rings is 1. The van der Waals surface area contributed by atoms with Crippen molar-refractivity contribution in [2.24, 2.45) is 0 Å². The van der Waals surface area contributed by atoms with Crippen molar-refractivity contribution in [1.82, 2.24) is 4.57 Å². The van der Waals surface area contributed by atoms with Crippen LogP contribution in [0.2, 0.25) is 0 Å². The molecule has 0 aliphatic rings. The third kappa shape index (κ3) is 1.25. The largest absolute Gasteiger partial charge is 0.288 e. The van der Waals surface area contributed by atoms with Gasteiger partial charge in [-0.1, -0.05) is 24.3 Å². The zero-order valence-electron chi connectivity index (χ0n) is 8.92. The highest BCUT2D eigenvalue weighted by Crippen LogP contribution is 2.17. The number of rotatable bonds is 0. The van der Waals surface area contributed by atoms with E-state index in [1.165, 1.54) is 4.57 Å². The highest BCUT2D eigenvalue weighted by molar-refractivity contribution is 5.94. The minimum Gasteiger partial charge on any atom is -0.288 e. The van der Waals surface area contributed by atoms with Gasteiger partial charge in [0.2, 0.25) is 0 Å². The Balaban J connectivity index is 2.75. The number of nitrogens with zero attached hydrogens (tertiary/aromatic N) is 2. The molecule has 0 unspecified atom stereocenters. The number of benzene rings is 2. The Morgan fingerprint density at radius 3 is 1.82 bits per heavy atom. The summed E-state index contributed by atoms with van der Waals surface area (Å²) < 4.78 is 1.49. The van der Waals surface area contributed by atoms with Crippen LogP contribution in [0.15, 0.2) is 53.3 Å². The van der Waals surface area contributed by atoms with Crippen molar-refractivity contribution in [2.45, 2.75) is 0 Å². The fourth-order valence-electron chi connectivity index (χ4n) is 2.10. The Morgan fingerprint density at radius 2 is 1.35 bits per heavy atom. The molecular formula is C14H8N2O. The van der Waals surface area contributed by atoms with Gasteiger partial charge in [0.25, 0.3) is 0 Å². The molecule has 0 N–H and O–H groups in total. The second-order valence-electron chi connectivity index (χ2n) is 3.80. The van der Waals surface area contributed by atoms with Crippen LogP contribution in [0, 0.1) is 11.5 Å². The molecule has 0 saturated carbocycles. The van der Waals surface area contributed by atoms with Crippen molar-refractivity contribution in [1.29, 1.82) is 5.26 Å². The maximum Gasteiger partial charge on any atom is 0.197 e. The molecule has 0 bridgehead atoms. The van der Waals surface area contributed by atoms with E-state index < -0.39 is 0 Å². The highest BCUT2D eigenvalue weighted by atomic mass is 16.1.